The molecule has 0 fully saturated rings. The van der Waals surface area contributed by atoms with E-state index in [4.69, 9.17) is 10.8 Å². The van der Waals surface area contributed by atoms with Gasteiger partial charge in [0.2, 0.25) is 0 Å². The van der Waals surface area contributed by atoms with Crippen molar-refractivity contribution in [1.82, 2.24) is 15.0 Å². The van der Waals surface area contributed by atoms with Gasteiger partial charge in [0, 0.05) is 6.54 Å². The number of benzene rings is 2. The van der Waals surface area contributed by atoms with Crippen LogP contribution in [0.5, 0.6) is 0 Å². The number of hydrogen-bond acceptors (Lipinski definition) is 6. The number of nitrogens with two attached hydrogens (primary N) is 1. The number of nitrogens with one attached hydrogen (secondary N) is 1. The van der Waals surface area contributed by atoms with Crippen LogP contribution in [0.4, 0.5) is 11.4 Å². The molecule has 0 unspecified atom stereocenters. The summed E-state index contributed by atoms with van der Waals surface area (Å²) in [5.41, 5.74) is 10.4. The van der Waals surface area contributed by atoms with E-state index in [-0.39, 0.29) is 11.3 Å². The summed E-state index contributed by atoms with van der Waals surface area (Å²) in [6.45, 7) is 0.502. The van der Waals surface area contributed by atoms with Gasteiger partial charge < -0.3 is 16.2 Å². The van der Waals surface area contributed by atoms with Crippen LogP contribution < -0.4 is 11.1 Å². The molecule has 0 radical (unpaired) electrons. The first-order valence-corrected chi connectivity index (χ1v) is 10.4. The second-order valence-electron chi connectivity index (χ2n) is 6.89. The average molecular weight is 433 g/mol. The first-order valence-electron chi connectivity index (χ1n) is 9.45. The molecule has 31 heavy (non-hydrogen) atoms. The number of aromatic nitrogens is 3. The maximum absolute atomic E-state index is 12.6. The van der Waals surface area contributed by atoms with Crippen LogP contribution in [-0.2, 0) is 13.0 Å². The topological polar surface area (TPSA) is 123 Å². The van der Waals surface area contributed by atoms with Crippen molar-refractivity contribution >= 4 is 34.6 Å². The van der Waals surface area contributed by atoms with Gasteiger partial charge in [0.25, 0.3) is 5.91 Å². The number of aryl methyl sites for hydroxylation is 2. The van der Waals surface area contributed by atoms with Gasteiger partial charge in [-0.1, -0.05) is 23.4 Å². The average Bonchev–Trinajstić information content (AvgIpc) is 3.46. The quantitative estimate of drug-likeness (QED) is 0.381. The van der Waals surface area contributed by atoms with Crippen molar-refractivity contribution in [3.05, 3.63) is 82.3 Å². The molecule has 2 heterocycles. The molecule has 4 N–H and O–H groups in total. The molecule has 0 atom stereocenters. The van der Waals surface area contributed by atoms with Crippen molar-refractivity contribution in [2.45, 2.75) is 13.0 Å². The van der Waals surface area contributed by atoms with E-state index in [1.165, 1.54) is 0 Å². The minimum atomic E-state index is -0.958. The number of hydrogen-bond donors (Lipinski definition) is 3. The van der Waals surface area contributed by atoms with Crippen molar-refractivity contribution in [3.8, 4) is 11.1 Å². The number of thiophene rings is 1. The minimum Gasteiger partial charge on any atom is -0.478 e. The molecule has 2 aromatic heterocycles. The van der Waals surface area contributed by atoms with Crippen molar-refractivity contribution in [2.24, 2.45) is 0 Å². The van der Waals surface area contributed by atoms with Gasteiger partial charge in [-0.3, -0.25) is 9.48 Å². The van der Waals surface area contributed by atoms with Crippen LogP contribution in [0.2, 0.25) is 0 Å². The van der Waals surface area contributed by atoms with E-state index in [0.29, 0.717) is 24.3 Å². The van der Waals surface area contributed by atoms with Gasteiger partial charge in [0.15, 0.2) is 5.69 Å². The largest absolute Gasteiger partial charge is 0.478 e. The molecule has 9 heteroatoms. The van der Waals surface area contributed by atoms with E-state index in [0.717, 1.165) is 16.7 Å². The Morgan fingerprint density at radius 1 is 1.10 bits per heavy atom. The van der Waals surface area contributed by atoms with Crippen LogP contribution in [0.25, 0.3) is 11.1 Å². The monoisotopic (exact) mass is 433 g/mol. The highest BCUT2D eigenvalue weighted by atomic mass is 32.1. The van der Waals surface area contributed by atoms with Crippen molar-refractivity contribution in [3.63, 3.8) is 0 Å². The van der Waals surface area contributed by atoms with E-state index in [9.17, 15) is 9.59 Å². The molecule has 1 amide bonds. The molecule has 0 saturated heterocycles. The fourth-order valence-electron chi connectivity index (χ4n) is 3.03. The van der Waals surface area contributed by atoms with E-state index in [1.807, 2.05) is 29.0 Å². The lowest BCUT2D eigenvalue weighted by atomic mass is 10.1. The van der Waals surface area contributed by atoms with Crippen LogP contribution in [0.3, 0.4) is 0 Å². The van der Waals surface area contributed by atoms with Crippen LogP contribution in [0.15, 0.2) is 65.5 Å². The van der Waals surface area contributed by atoms with E-state index < -0.39 is 11.9 Å². The molecular weight excluding hydrogens is 414 g/mol. The third-order valence-electron chi connectivity index (χ3n) is 4.76. The standard InChI is InChI=1S/C22H19N5O3S/c23-18-6-5-16(17-8-10-31-13-17)11-19(18)24-21(28)20-12-27(26-25-20)9-7-14-1-3-15(4-2-14)22(29)30/h1-6,8,10-13H,7,9,23H2,(H,24,28)(H,29,30). The van der Waals surface area contributed by atoms with Gasteiger partial charge >= 0.3 is 5.97 Å². The number of anilines is 2. The highest BCUT2D eigenvalue weighted by Gasteiger charge is 2.13. The summed E-state index contributed by atoms with van der Waals surface area (Å²) in [5, 5.41) is 23.7. The summed E-state index contributed by atoms with van der Waals surface area (Å²) in [6.07, 6.45) is 2.19. The summed E-state index contributed by atoms with van der Waals surface area (Å²) in [6, 6.07) is 14.2. The Morgan fingerprint density at radius 2 is 1.90 bits per heavy atom. The smallest absolute Gasteiger partial charge is 0.335 e. The van der Waals surface area contributed by atoms with Crippen molar-refractivity contribution < 1.29 is 14.7 Å². The molecule has 4 aromatic rings. The molecule has 0 aliphatic carbocycles. The summed E-state index contributed by atoms with van der Waals surface area (Å²) in [7, 11) is 0. The molecule has 0 aliphatic rings. The zero-order valence-corrected chi connectivity index (χ0v) is 17.2. The van der Waals surface area contributed by atoms with Crippen molar-refractivity contribution in [1.29, 1.82) is 0 Å². The van der Waals surface area contributed by atoms with E-state index >= 15 is 0 Å². The Labute approximate surface area is 182 Å². The molecule has 0 bridgehead atoms. The molecular formula is C22H19N5O3S. The fourth-order valence-corrected chi connectivity index (χ4v) is 3.69. The number of carbonyl (C=O) groups is 2. The Kier molecular flexibility index (Phi) is 5.76. The number of carboxylic acids is 1. The lowest BCUT2D eigenvalue weighted by Crippen LogP contribution is -2.13. The Morgan fingerprint density at radius 3 is 2.61 bits per heavy atom. The van der Waals surface area contributed by atoms with E-state index in [2.05, 4.69) is 15.6 Å². The molecule has 0 aliphatic heterocycles. The predicted molar refractivity (Wildman–Crippen MR) is 119 cm³/mol. The lowest BCUT2D eigenvalue weighted by Gasteiger charge is -2.09. The first-order chi connectivity index (χ1) is 15.0. The van der Waals surface area contributed by atoms with E-state index in [1.54, 1.807) is 52.5 Å². The number of aromatic carboxylic acids is 1. The number of amides is 1. The first kappa shape index (κ1) is 20.3. The Balaban J connectivity index is 1.40. The van der Waals surface area contributed by atoms with Crippen LogP contribution in [0.1, 0.15) is 26.4 Å². The van der Waals surface area contributed by atoms with Gasteiger partial charge in [-0.15, -0.1) is 5.10 Å². The lowest BCUT2D eigenvalue weighted by molar-refractivity contribution is 0.0696. The van der Waals surface area contributed by atoms with Crippen LogP contribution in [-0.4, -0.2) is 32.0 Å². The van der Waals surface area contributed by atoms with Crippen LogP contribution >= 0.6 is 11.3 Å². The predicted octanol–water partition coefficient (Wildman–Crippen LogP) is 3.78. The second kappa shape index (κ2) is 8.80. The Hall–Kier alpha value is -3.98. The summed E-state index contributed by atoms with van der Waals surface area (Å²) < 4.78 is 1.57. The second-order valence-corrected chi connectivity index (χ2v) is 7.67. The number of carboxylic acid groups (broad SMARTS) is 1. The van der Waals surface area contributed by atoms with Gasteiger partial charge in [0.05, 0.1) is 23.1 Å². The summed E-state index contributed by atoms with van der Waals surface area (Å²) in [4.78, 5) is 23.5. The highest BCUT2D eigenvalue weighted by Crippen LogP contribution is 2.28. The maximum Gasteiger partial charge on any atom is 0.335 e. The van der Waals surface area contributed by atoms with Gasteiger partial charge in [-0.2, -0.15) is 11.3 Å². The molecule has 8 nitrogen and oxygen atoms in total. The zero-order chi connectivity index (χ0) is 21.8. The van der Waals surface area contributed by atoms with Crippen LogP contribution in [0, 0.1) is 0 Å². The van der Waals surface area contributed by atoms with Crippen molar-refractivity contribution in [2.75, 3.05) is 11.1 Å². The third kappa shape index (κ3) is 4.78. The SMILES string of the molecule is Nc1ccc(-c2ccsc2)cc1NC(=O)c1cn(CCc2ccc(C(=O)O)cc2)nn1. The highest BCUT2D eigenvalue weighted by molar-refractivity contribution is 7.08. The minimum absolute atomic E-state index is 0.182. The van der Waals surface area contributed by atoms with Gasteiger partial charge in [0.1, 0.15) is 0 Å². The molecule has 0 saturated carbocycles. The van der Waals surface area contributed by atoms with Gasteiger partial charge in [-0.25, -0.2) is 4.79 Å². The molecule has 2 aromatic carbocycles. The number of nitrogens with zero attached hydrogens (tertiary/aromatic N) is 3. The number of nitrogen functional groups attached to an aromatic ring is 1. The summed E-state index contributed by atoms with van der Waals surface area (Å²) >= 11 is 1.60. The molecule has 4 rings (SSSR count). The zero-order valence-electron chi connectivity index (χ0n) is 16.4. The normalized spacial score (nSPS) is 10.7. The maximum atomic E-state index is 12.6. The van der Waals surface area contributed by atoms with Gasteiger partial charge in [-0.05, 0) is 64.2 Å². The molecule has 0 spiro atoms. The molecule has 156 valence electrons. The fraction of sp³-hybridized carbons (Fsp3) is 0.0909. The Bertz CT molecular complexity index is 1220. The number of carbonyl (C=O) groups excluding carboxylic acids is 1. The number of rotatable bonds is 7. The summed E-state index contributed by atoms with van der Waals surface area (Å²) in [5.74, 6) is -1.36. The third-order valence-corrected chi connectivity index (χ3v) is 5.44.